The maximum absolute atomic E-state index is 12.4. The van der Waals surface area contributed by atoms with Crippen molar-refractivity contribution in [3.05, 3.63) is 59.7 Å². The van der Waals surface area contributed by atoms with Crippen molar-refractivity contribution in [1.29, 1.82) is 0 Å². The average molecular weight is 396 g/mol. The van der Waals surface area contributed by atoms with Gasteiger partial charge in [-0.1, -0.05) is 30.3 Å². The first-order valence-corrected chi connectivity index (χ1v) is 8.40. The SMILES string of the molecule is CCOc1ccccc1C(=O)NCC(=O)NCc1ccccc1OC(F)(F)F. The minimum absolute atomic E-state index is 0.154. The number of alkyl halides is 3. The molecule has 28 heavy (non-hydrogen) atoms. The Bertz CT molecular complexity index is 825. The highest BCUT2D eigenvalue weighted by Crippen LogP contribution is 2.26. The molecule has 0 fully saturated rings. The van der Waals surface area contributed by atoms with Gasteiger partial charge >= 0.3 is 6.36 Å². The topological polar surface area (TPSA) is 76.7 Å². The molecule has 0 unspecified atom stereocenters. The lowest BCUT2D eigenvalue weighted by atomic mass is 10.2. The minimum Gasteiger partial charge on any atom is -0.493 e. The molecule has 2 aromatic rings. The highest BCUT2D eigenvalue weighted by molar-refractivity contribution is 5.98. The second-order valence-electron chi connectivity index (χ2n) is 5.54. The van der Waals surface area contributed by atoms with Crippen molar-refractivity contribution in [3.63, 3.8) is 0 Å². The molecule has 2 N–H and O–H groups in total. The fourth-order valence-corrected chi connectivity index (χ4v) is 2.32. The lowest BCUT2D eigenvalue weighted by molar-refractivity contribution is -0.274. The highest BCUT2D eigenvalue weighted by Gasteiger charge is 2.32. The van der Waals surface area contributed by atoms with E-state index in [1.54, 1.807) is 31.2 Å². The summed E-state index contributed by atoms with van der Waals surface area (Å²) in [5.74, 6) is -1.07. The molecule has 0 radical (unpaired) electrons. The number of rotatable bonds is 8. The number of hydrogen-bond acceptors (Lipinski definition) is 4. The molecule has 0 saturated heterocycles. The van der Waals surface area contributed by atoms with E-state index in [4.69, 9.17) is 4.74 Å². The summed E-state index contributed by atoms with van der Waals surface area (Å²) >= 11 is 0. The van der Waals surface area contributed by atoms with Crippen molar-refractivity contribution in [2.45, 2.75) is 19.8 Å². The van der Waals surface area contributed by atoms with Crippen LogP contribution in [0.25, 0.3) is 0 Å². The van der Waals surface area contributed by atoms with Crippen LogP contribution in [0.5, 0.6) is 11.5 Å². The van der Waals surface area contributed by atoms with E-state index in [1.165, 1.54) is 18.2 Å². The van der Waals surface area contributed by atoms with Gasteiger partial charge in [0.15, 0.2) is 0 Å². The Hall–Kier alpha value is -3.23. The lowest BCUT2D eigenvalue weighted by Gasteiger charge is -2.14. The number of halogens is 3. The first-order valence-electron chi connectivity index (χ1n) is 8.40. The van der Waals surface area contributed by atoms with E-state index in [9.17, 15) is 22.8 Å². The van der Waals surface area contributed by atoms with Crippen LogP contribution in [0.2, 0.25) is 0 Å². The Balaban J connectivity index is 1.90. The fourth-order valence-electron chi connectivity index (χ4n) is 2.32. The van der Waals surface area contributed by atoms with Crippen LogP contribution in [0.15, 0.2) is 48.5 Å². The van der Waals surface area contributed by atoms with E-state index in [0.717, 1.165) is 6.07 Å². The summed E-state index contributed by atoms with van der Waals surface area (Å²) in [7, 11) is 0. The molecule has 2 amide bonds. The summed E-state index contributed by atoms with van der Waals surface area (Å²) in [6.07, 6.45) is -4.83. The molecule has 0 aliphatic carbocycles. The normalized spacial score (nSPS) is 10.9. The van der Waals surface area contributed by atoms with Gasteiger partial charge in [0.25, 0.3) is 5.91 Å². The van der Waals surface area contributed by atoms with Gasteiger partial charge in [-0.05, 0) is 25.1 Å². The Labute approximate surface area is 159 Å². The summed E-state index contributed by atoms with van der Waals surface area (Å²) in [6.45, 7) is 1.63. The molecule has 0 spiro atoms. The number of amides is 2. The number of hydrogen-bond donors (Lipinski definition) is 2. The molecular weight excluding hydrogens is 377 g/mol. The van der Waals surface area contributed by atoms with Crippen LogP contribution in [0.3, 0.4) is 0 Å². The summed E-state index contributed by atoms with van der Waals surface area (Å²) in [6, 6.07) is 12.0. The molecule has 150 valence electrons. The largest absolute Gasteiger partial charge is 0.573 e. The minimum atomic E-state index is -4.83. The van der Waals surface area contributed by atoms with Crippen molar-refractivity contribution < 1.29 is 32.2 Å². The quantitative estimate of drug-likeness (QED) is 0.719. The van der Waals surface area contributed by atoms with Crippen molar-refractivity contribution in [2.75, 3.05) is 13.2 Å². The van der Waals surface area contributed by atoms with Gasteiger partial charge in [-0.25, -0.2) is 0 Å². The second-order valence-corrected chi connectivity index (χ2v) is 5.54. The van der Waals surface area contributed by atoms with Gasteiger partial charge in [0, 0.05) is 12.1 Å². The molecule has 6 nitrogen and oxygen atoms in total. The van der Waals surface area contributed by atoms with Gasteiger partial charge in [0.1, 0.15) is 11.5 Å². The molecule has 9 heteroatoms. The van der Waals surface area contributed by atoms with Gasteiger partial charge in [0.05, 0.1) is 18.7 Å². The van der Waals surface area contributed by atoms with Crippen molar-refractivity contribution >= 4 is 11.8 Å². The summed E-state index contributed by atoms with van der Waals surface area (Å²) in [5.41, 5.74) is 0.433. The van der Waals surface area contributed by atoms with E-state index in [0.29, 0.717) is 12.4 Å². The Morgan fingerprint density at radius 2 is 1.61 bits per heavy atom. The zero-order valence-corrected chi connectivity index (χ0v) is 15.0. The molecule has 0 heterocycles. The number of benzene rings is 2. The van der Waals surface area contributed by atoms with E-state index >= 15 is 0 Å². The van der Waals surface area contributed by atoms with E-state index < -0.39 is 23.9 Å². The Kier molecular flexibility index (Phi) is 7.25. The van der Waals surface area contributed by atoms with Crippen LogP contribution in [0.1, 0.15) is 22.8 Å². The summed E-state index contributed by atoms with van der Waals surface area (Å²) in [5, 5.41) is 4.88. The smallest absolute Gasteiger partial charge is 0.493 e. The van der Waals surface area contributed by atoms with E-state index in [2.05, 4.69) is 15.4 Å². The van der Waals surface area contributed by atoms with Gasteiger partial charge in [-0.2, -0.15) is 0 Å². The van der Waals surface area contributed by atoms with Crippen LogP contribution in [0.4, 0.5) is 13.2 Å². The third kappa shape index (κ3) is 6.49. The molecule has 2 aromatic carbocycles. The Morgan fingerprint density at radius 3 is 2.29 bits per heavy atom. The molecule has 0 aliphatic rings. The average Bonchev–Trinajstić information content (AvgIpc) is 2.65. The van der Waals surface area contributed by atoms with Gasteiger partial charge < -0.3 is 20.1 Å². The zero-order chi connectivity index (χ0) is 20.6. The number of para-hydroxylation sites is 2. The number of carbonyl (C=O) groups is 2. The lowest BCUT2D eigenvalue weighted by Crippen LogP contribution is -2.36. The molecular formula is C19H19F3N2O4. The number of carbonyl (C=O) groups excluding carboxylic acids is 2. The predicted octanol–water partition coefficient (Wildman–Crippen LogP) is 3.03. The monoisotopic (exact) mass is 396 g/mol. The van der Waals surface area contributed by atoms with Crippen LogP contribution in [-0.2, 0) is 11.3 Å². The molecule has 0 atom stereocenters. The molecule has 0 aliphatic heterocycles. The first kappa shape index (κ1) is 21.1. The third-order valence-corrected chi connectivity index (χ3v) is 3.52. The van der Waals surface area contributed by atoms with Crippen molar-refractivity contribution in [1.82, 2.24) is 10.6 Å². The first-order chi connectivity index (χ1) is 13.3. The maximum atomic E-state index is 12.4. The van der Waals surface area contributed by atoms with Crippen LogP contribution >= 0.6 is 0 Å². The van der Waals surface area contributed by atoms with Crippen LogP contribution < -0.4 is 20.1 Å². The molecule has 0 saturated carbocycles. The van der Waals surface area contributed by atoms with Crippen molar-refractivity contribution in [2.24, 2.45) is 0 Å². The summed E-state index contributed by atoms with van der Waals surface area (Å²) in [4.78, 5) is 24.2. The fraction of sp³-hybridized carbons (Fsp3) is 0.263. The van der Waals surface area contributed by atoms with Crippen molar-refractivity contribution in [3.8, 4) is 11.5 Å². The van der Waals surface area contributed by atoms with Crippen LogP contribution in [0, 0.1) is 0 Å². The third-order valence-electron chi connectivity index (χ3n) is 3.52. The highest BCUT2D eigenvalue weighted by atomic mass is 19.4. The summed E-state index contributed by atoms with van der Waals surface area (Å²) < 4.78 is 46.5. The maximum Gasteiger partial charge on any atom is 0.573 e. The van der Waals surface area contributed by atoms with Gasteiger partial charge in [0.2, 0.25) is 5.91 Å². The number of ether oxygens (including phenoxy) is 2. The Morgan fingerprint density at radius 1 is 0.964 bits per heavy atom. The second kappa shape index (κ2) is 9.63. The molecule has 2 rings (SSSR count). The van der Waals surface area contributed by atoms with Gasteiger partial charge in [-0.15, -0.1) is 13.2 Å². The van der Waals surface area contributed by atoms with Crippen LogP contribution in [-0.4, -0.2) is 31.3 Å². The van der Waals surface area contributed by atoms with E-state index in [1.807, 2.05) is 0 Å². The molecule has 0 aromatic heterocycles. The zero-order valence-electron chi connectivity index (χ0n) is 15.0. The van der Waals surface area contributed by atoms with E-state index in [-0.39, 0.29) is 24.2 Å². The number of nitrogens with one attached hydrogen (secondary N) is 2. The standard InChI is InChI=1S/C19H19F3N2O4/c1-2-27-16-10-6-4-8-14(16)18(26)24-12-17(25)23-11-13-7-3-5-9-15(13)28-19(20,21)22/h3-10H,2,11-12H2,1H3,(H,23,25)(H,24,26). The molecule has 0 bridgehead atoms. The predicted molar refractivity (Wildman–Crippen MR) is 94.9 cm³/mol. The van der Waals surface area contributed by atoms with Gasteiger partial charge in [-0.3, -0.25) is 9.59 Å².